The van der Waals surface area contributed by atoms with Gasteiger partial charge in [-0.25, -0.2) is 9.78 Å². The summed E-state index contributed by atoms with van der Waals surface area (Å²) >= 11 is 1.47. The second-order valence-electron chi connectivity index (χ2n) is 5.98. The maximum absolute atomic E-state index is 11.3. The summed E-state index contributed by atoms with van der Waals surface area (Å²) < 4.78 is 10.7. The van der Waals surface area contributed by atoms with Crippen LogP contribution in [0.5, 0.6) is 0 Å². The third-order valence-electron chi connectivity index (χ3n) is 3.53. The topological polar surface area (TPSA) is 48.4 Å². The number of hydrogen-bond donors (Lipinski definition) is 0. The van der Waals surface area contributed by atoms with E-state index in [1.54, 1.807) is 5.38 Å². The molecule has 0 aliphatic carbocycles. The molecule has 0 fully saturated rings. The molecule has 108 valence electrons. The van der Waals surface area contributed by atoms with E-state index in [-0.39, 0.29) is 11.0 Å². The molecule has 0 radical (unpaired) electrons. The minimum Gasteiger partial charge on any atom is -0.464 e. The van der Waals surface area contributed by atoms with Gasteiger partial charge < -0.3 is 9.16 Å². The molecule has 0 aromatic carbocycles. The molecule has 1 aromatic heterocycles. The Labute approximate surface area is 120 Å². The Bertz CT molecular complexity index is 437. The normalized spacial score (nSPS) is 12.5. The van der Waals surface area contributed by atoms with E-state index in [4.69, 9.17) is 4.43 Å². The van der Waals surface area contributed by atoms with Crippen molar-refractivity contribution in [2.24, 2.45) is 0 Å². The molecule has 0 N–H and O–H groups in total. The van der Waals surface area contributed by atoms with E-state index in [1.165, 1.54) is 18.4 Å². The molecule has 0 unspecified atom stereocenters. The molecule has 6 heteroatoms. The third kappa shape index (κ3) is 4.40. The summed E-state index contributed by atoms with van der Waals surface area (Å²) in [5, 5.41) is 2.86. The fourth-order valence-corrected chi connectivity index (χ4v) is 3.03. The highest BCUT2D eigenvalue weighted by atomic mass is 32.1. The van der Waals surface area contributed by atoms with Crippen LogP contribution in [0.25, 0.3) is 0 Å². The van der Waals surface area contributed by atoms with Gasteiger partial charge in [-0.2, -0.15) is 0 Å². The molecule has 0 atom stereocenters. The Morgan fingerprint density at radius 2 is 2.05 bits per heavy atom. The summed E-state index contributed by atoms with van der Waals surface area (Å²) in [4.78, 5) is 15.5. The largest absolute Gasteiger partial charge is 0.464 e. The van der Waals surface area contributed by atoms with Gasteiger partial charge in [0.05, 0.1) is 12.1 Å². The van der Waals surface area contributed by atoms with E-state index in [9.17, 15) is 4.79 Å². The van der Waals surface area contributed by atoms with Crippen molar-refractivity contribution in [3.05, 3.63) is 16.1 Å². The third-order valence-corrected chi connectivity index (χ3v) is 8.98. The molecule has 0 amide bonds. The molecule has 0 aliphatic heterocycles. The molecular weight excluding hydrogens is 278 g/mol. The molecule has 4 nitrogen and oxygen atoms in total. The number of carbonyl (C=O) groups excluding carboxylic acids is 1. The first-order chi connectivity index (χ1) is 8.67. The molecule has 1 aromatic rings. The van der Waals surface area contributed by atoms with Crippen LogP contribution < -0.4 is 0 Å². The second-order valence-corrected chi connectivity index (χ2v) is 11.7. The number of carbonyl (C=O) groups is 1. The molecule has 0 bridgehead atoms. The van der Waals surface area contributed by atoms with Gasteiger partial charge in [0, 0.05) is 18.4 Å². The van der Waals surface area contributed by atoms with Gasteiger partial charge in [-0.3, -0.25) is 0 Å². The maximum Gasteiger partial charge on any atom is 0.357 e. The van der Waals surface area contributed by atoms with Gasteiger partial charge in [0.1, 0.15) is 0 Å². The lowest BCUT2D eigenvalue weighted by Crippen LogP contribution is -2.41. The number of ether oxygens (including phenoxy) is 1. The monoisotopic (exact) mass is 301 g/mol. The summed E-state index contributed by atoms with van der Waals surface area (Å²) in [5.41, 5.74) is 0.384. The summed E-state index contributed by atoms with van der Waals surface area (Å²) in [6, 6.07) is 0. The van der Waals surface area contributed by atoms with Crippen LogP contribution in [0.1, 0.15) is 36.3 Å². The summed E-state index contributed by atoms with van der Waals surface area (Å²) in [6.45, 7) is 11.8. The average molecular weight is 301 g/mol. The van der Waals surface area contributed by atoms with Crippen molar-refractivity contribution >= 4 is 25.6 Å². The predicted octanol–water partition coefficient (Wildman–Crippen LogP) is 3.49. The van der Waals surface area contributed by atoms with Gasteiger partial charge in [-0.1, -0.05) is 20.8 Å². The minimum absolute atomic E-state index is 0.215. The summed E-state index contributed by atoms with van der Waals surface area (Å²) in [5.74, 6) is -0.382. The highest BCUT2D eigenvalue weighted by Crippen LogP contribution is 2.36. The minimum atomic E-state index is -1.70. The molecular formula is C13H23NO3SSi. The van der Waals surface area contributed by atoms with Gasteiger partial charge in [-0.05, 0) is 18.1 Å². The van der Waals surface area contributed by atoms with E-state index in [0.717, 1.165) is 11.4 Å². The standard InChI is InChI=1S/C13H23NO3SSi/c1-13(2,3)19(5,6)17-8-7-11-14-10(9-18-11)12(15)16-4/h9H,7-8H2,1-6H3. The molecule has 19 heavy (non-hydrogen) atoms. The zero-order valence-corrected chi connectivity index (χ0v) is 14.4. The molecule has 0 saturated heterocycles. The molecule has 1 heterocycles. The highest BCUT2D eigenvalue weighted by molar-refractivity contribution is 7.09. The van der Waals surface area contributed by atoms with Crippen LogP contribution in [0.15, 0.2) is 5.38 Å². The smallest absolute Gasteiger partial charge is 0.357 e. The van der Waals surface area contributed by atoms with E-state index in [1.807, 2.05) is 0 Å². The first-order valence-corrected chi connectivity index (χ1v) is 10.1. The number of aromatic nitrogens is 1. The van der Waals surface area contributed by atoms with Crippen molar-refractivity contribution in [1.29, 1.82) is 0 Å². The molecule has 0 aliphatic rings. The zero-order valence-electron chi connectivity index (χ0n) is 12.6. The number of rotatable bonds is 5. The van der Waals surface area contributed by atoms with Gasteiger partial charge in [0.2, 0.25) is 0 Å². The number of hydrogen-bond acceptors (Lipinski definition) is 5. The van der Waals surface area contributed by atoms with Crippen molar-refractivity contribution < 1.29 is 14.0 Å². The van der Waals surface area contributed by atoms with Crippen LogP contribution in [0.3, 0.4) is 0 Å². The highest BCUT2D eigenvalue weighted by Gasteiger charge is 2.36. The quantitative estimate of drug-likeness (QED) is 0.617. The Morgan fingerprint density at radius 3 is 2.58 bits per heavy atom. The van der Waals surface area contributed by atoms with Gasteiger partial charge in [-0.15, -0.1) is 11.3 Å². The predicted molar refractivity (Wildman–Crippen MR) is 80.3 cm³/mol. The van der Waals surface area contributed by atoms with Crippen molar-refractivity contribution in [3.8, 4) is 0 Å². The van der Waals surface area contributed by atoms with Crippen LogP contribution >= 0.6 is 11.3 Å². The summed E-state index contributed by atoms with van der Waals surface area (Å²) in [6.07, 6.45) is 0.744. The number of esters is 1. The Kier molecular flexibility index (Phi) is 5.29. The summed E-state index contributed by atoms with van der Waals surface area (Å²) in [7, 11) is -0.332. The van der Waals surface area contributed by atoms with Crippen molar-refractivity contribution in [1.82, 2.24) is 4.98 Å². The zero-order chi connectivity index (χ0) is 14.7. The first kappa shape index (κ1) is 16.3. The fraction of sp³-hybridized carbons (Fsp3) is 0.692. The Morgan fingerprint density at radius 1 is 1.42 bits per heavy atom. The van der Waals surface area contributed by atoms with Crippen LogP contribution in [-0.4, -0.2) is 33.0 Å². The van der Waals surface area contributed by atoms with Crippen molar-refractivity contribution in [2.45, 2.75) is 45.3 Å². The van der Waals surface area contributed by atoms with Crippen molar-refractivity contribution in [2.75, 3.05) is 13.7 Å². The lowest BCUT2D eigenvalue weighted by Gasteiger charge is -2.36. The SMILES string of the molecule is COC(=O)c1csc(CCO[Si](C)(C)C(C)(C)C)n1. The number of thiazole rings is 1. The van der Waals surface area contributed by atoms with Gasteiger partial charge >= 0.3 is 5.97 Å². The lowest BCUT2D eigenvalue weighted by atomic mass is 10.2. The van der Waals surface area contributed by atoms with E-state index in [2.05, 4.69) is 43.6 Å². The van der Waals surface area contributed by atoms with E-state index >= 15 is 0 Å². The fourth-order valence-electron chi connectivity index (χ4n) is 1.23. The number of nitrogens with zero attached hydrogens (tertiary/aromatic N) is 1. The Balaban J connectivity index is 2.50. The number of methoxy groups -OCH3 is 1. The maximum atomic E-state index is 11.3. The Hall–Kier alpha value is -0.723. The van der Waals surface area contributed by atoms with Gasteiger partial charge in [0.15, 0.2) is 14.0 Å². The average Bonchev–Trinajstić information content (AvgIpc) is 2.75. The lowest BCUT2D eigenvalue weighted by molar-refractivity contribution is 0.0594. The van der Waals surface area contributed by atoms with Crippen LogP contribution in [0.4, 0.5) is 0 Å². The molecule has 0 saturated carbocycles. The second kappa shape index (κ2) is 6.15. The van der Waals surface area contributed by atoms with Crippen LogP contribution in [0.2, 0.25) is 18.1 Å². The first-order valence-electron chi connectivity index (χ1n) is 6.34. The van der Waals surface area contributed by atoms with Crippen molar-refractivity contribution in [3.63, 3.8) is 0 Å². The molecule has 0 spiro atoms. The van der Waals surface area contributed by atoms with E-state index in [0.29, 0.717) is 12.3 Å². The molecule has 1 rings (SSSR count). The van der Waals surface area contributed by atoms with Crippen LogP contribution in [0, 0.1) is 0 Å². The van der Waals surface area contributed by atoms with E-state index < -0.39 is 8.32 Å². The van der Waals surface area contributed by atoms with Gasteiger partial charge in [0.25, 0.3) is 0 Å². The van der Waals surface area contributed by atoms with Crippen LogP contribution in [-0.2, 0) is 15.6 Å².